The summed E-state index contributed by atoms with van der Waals surface area (Å²) in [7, 11) is 1.87. The highest BCUT2D eigenvalue weighted by Gasteiger charge is 2.42. The van der Waals surface area contributed by atoms with Crippen LogP contribution in [0.25, 0.3) is 0 Å². The van der Waals surface area contributed by atoms with Gasteiger partial charge in [-0.15, -0.1) is 0 Å². The first kappa shape index (κ1) is 14.5. The molecule has 6 heteroatoms. The van der Waals surface area contributed by atoms with Crippen LogP contribution in [0.15, 0.2) is 12.4 Å². The standard InChI is InChI=1S/C15H23N3O3/c1-18-10-12(9-17-18)15(7-4-8-21-15)11-16-13(19)14(20)5-2-3-6-14/h9-10,20H,2-8,11H2,1H3,(H,16,19). The molecule has 0 radical (unpaired) electrons. The van der Waals surface area contributed by atoms with Gasteiger partial charge in [0.2, 0.25) is 0 Å². The van der Waals surface area contributed by atoms with E-state index in [1.165, 1.54) is 0 Å². The molecule has 6 nitrogen and oxygen atoms in total. The molecule has 3 rings (SSSR count). The fourth-order valence-corrected chi connectivity index (χ4v) is 3.40. The van der Waals surface area contributed by atoms with Gasteiger partial charge in [0, 0.05) is 25.4 Å². The zero-order chi connectivity index (χ0) is 14.9. The van der Waals surface area contributed by atoms with E-state index in [4.69, 9.17) is 4.74 Å². The summed E-state index contributed by atoms with van der Waals surface area (Å²) >= 11 is 0. The zero-order valence-electron chi connectivity index (χ0n) is 12.5. The van der Waals surface area contributed by atoms with E-state index in [0.29, 0.717) is 26.0 Å². The van der Waals surface area contributed by atoms with E-state index in [9.17, 15) is 9.90 Å². The molecule has 0 bridgehead atoms. The van der Waals surface area contributed by atoms with Crippen LogP contribution in [0.1, 0.15) is 44.1 Å². The Morgan fingerprint density at radius 2 is 2.19 bits per heavy atom. The minimum absolute atomic E-state index is 0.265. The number of hydrogen-bond donors (Lipinski definition) is 2. The topological polar surface area (TPSA) is 76.4 Å². The Kier molecular flexibility index (Phi) is 3.75. The Morgan fingerprint density at radius 1 is 1.43 bits per heavy atom. The molecule has 2 aliphatic rings. The summed E-state index contributed by atoms with van der Waals surface area (Å²) in [5.74, 6) is -0.265. The predicted octanol–water partition coefficient (Wildman–Crippen LogP) is 0.847. The van der Waals surface area contributed by atoms with E-state index in [1.54, 1.807) is 10.9 Å². The molecule has 0 aromatic carbocycles. The zero-order valence-corrected chi connectivity index (χ0v) is 12.5. The Morgan fingerprint density at radius 3 is 2.76 bits per heavy atom. The predicted molar refractivity (Wildman–Crippen MR) is 76.5 cm³/mol. The normalized spacial score (nSPS) is 27.9. The molecule has 2 heterocycles. The van der Waals surface area contributed by atoms with Crippen molar-refractivity contribution in [2.45, 2.75) is 49.7 Å². The number of carbonyl (C=O) groups excluding carboxylic acids is 1. The third-order valence-electron chi connectivity index (χ3n) is 4.72. The van der Waals surface area contributed by atoms with Crippen molar-refractivity contribution >= 4 is 5.91 Å². The molecule has 1 saturated carbocycles. The quantitative estimate of drug-likeness (QED) is 0.863. The first-order chi connectivity index (χ1) is 10.0. The third-order valence-corrected chi connectivity index (χ3v) is 4.72. The number of aryl methyl sites for hydroxylation is 1. The summed E-state index contributed by atoms with van der Waals surface area (Å²) < 4.78 is 7.68. The van der Waals surface area contributed by atoms with Gasteiger partial charge in [-0.1, -0.05) is 0 Å². The number of nitrogens with one attached hydrogen (secondary N) is 1. The van der Waals surface area contributed by atoms with Crippen LogP contribution in [0.5, 0.6) is 0 Å². The van der Waals surface area contributed by atoms with Crippen molar-refractivity contribution in [3.8, 4) is 0 Å². The van der Waals surface area contributed by atoms with Crippen molar-refractivity contribution in [2.75, 3.05) is 13.2 Å². The molecular weight excluding hydrogens is 270 g/mol. The van der Waals surface area contributed by atoms with Crippen molar-refractivity contribution in [1.82, 2.24) is 15.1 Å². The van der Waals surface area contributed by atoms with Crippen LogP contribution >= 0.6 is 0 Å². The van der Waals surface area contributed by atoms with Gasteiger partial charge in [-0.25, -0.2) is 0 Å². The van der Waals surface area contributed by atoms with Gasteiger partial charge < -0.3 is 15.2 Å². The Hall–Kier alpha value is -1.40. The van der Waals surface area contributed by atoms with Gasteiger partial charge in [0.25, 0.3) is 5.91 Å². The molecule has 1 saturated heterocycles. The Bertz CT molecular complexity index is 514. The second kappa shape index (κ2) is 5.42. The lowest BCUT2D eigenvalue weighted by Crippen LogP contribution is -2.49. The molecule has 1 atom stereocenters. The van der Waals surface area contributed by atoms with E-state index < -0.39 is 11.2 Å². The van der Waals surface area contributed by atoms with Gasteiger partial charge in [-0.2, -0.15) is 5.10 Å². The molecule has 1 amide bonds. The van der Waals surface area contributed by atoms with Gasteiger partial charge in [0.1, 0.15) is 11.2 Å². The monoisotopic (exact) mass is 293 g/mol. The van der Waals surface area contributed by atoms with Crippen LogP contribution in [0.2, 0.25) is 0 Å². The molecule has 1 aromatic rings. The van der Waals surface area contributed by atoms with E-state index >= 15 is 0 Å². The number of aliphatic hydroxyl groups is 1. The first-order valence-electron chi connectivity index (χ1n) is 7.68. The lowest BCUT2D eigenvalue weighted by molar-refractivity contribution is -0.140. The fraction of sp³-hybridized carbons (Fsp3) is 0.733. The summed E-state index contributed by atoms with van der Waals surface area (Å²) in [4.78, 5) is 12.3. The summed E-state index contributed by atoms with van der Waals surface area (Å²) in [5.41, 5.74) is -0.700. The number of hydrogen-bond acceptors (Lipinski definition) is 4. The van der Waals surface area contributed by atoms with Crippen molar-refractivity contribution in [2.24, 2.45) is 7.05 Å². The first-order valence-corrected chi connectivity index (χ1v) is 7.68. The van der Waals surface area contributed by atoms with Crippen molar-refractivity contribution in [3.63, 3.8) is 0 Å². The average Bonchev–Trinajstić information content (AvgIpc) is 3.17. The number of carbonyl (C=O) groups is 1. The van der Waals surface area contributed by atoms with Gasteiger partial charge >= 0.3 is 0 Å². The van der Waals surface area contributed by atoms with E-state index in [-0.39, 0.29) is 5.91 Å². The number of rotatable bonds is 4. The van der Waals surface area contributed by atoms with E-state index in [0.717, 1.165) is 31.2 Å². The second-order valence-corrected chi connectivity index (χ2v) is 6.27. The smallest absolute Gasteiger partial charge is 0.252 e. The molecule has 2 N–H and O–H groups in total. The van der Waals surface area contributed by atoms with Gasteiger partial charge in [-0.05, 0) is 38.5 Å². The third kappa shape index (κ3) is 2.70. The molecule has 1 aliphatic carbocycles. The van der Waals surface area contributed by atoms with Crippen LogP contribution in [0, 0.1) is 0 Å². The Labute approximate surface area is 124 Å². The molecule has 0 spiro atoms. The van der Waals surface area contributed by atoms with Crippen molar-refractivity contribution < 1.29 is 14.6 Å². The molecule has 1 unspecified atom stereocenters. The highest BCUT2D eigenvalue weighted by atomic mass is 16.5. The second-order valence-electron chi connectivity index (χ2n) is 6.27. The van der Waals surface area contributed by atoms with Crippen molar-refractivity contribution in [1.29, 1.82) is 0 Å². The summed E-state index contributed by atoms with van der Waals surface area (Å²) in [6.45, 7) is 1.08. The summed E-state index contributed by atoms with van der Waals surface area (Å²) in [6.07, 6.45) is 8.48. The van der Waals surface area contributed by atoms with Gasteiger partial charge in [0.15, 0.2) is 0 Å². The molecule has 1 aromatic heterocycles. The molecule has 2 fully saturated rings. The maximum Gasteiger partial charge on any atom is 0.252 e. The SMILES string of the molecule is Cn1cc(C2(CNC(=O)C3(O)CCCC3)CCCO2)cn1. The summed E-state index contributed by atoms with van der Waals surface area (Å²) in [5, 5.41) is 17.4. The van der Waals surface area contributed by atoms with Gasteiger partial charge in [0.05, 0.1) is 12.7 Å². The number of nitrogens with zero attached hydrogens (tertiary/aromatic N) is 2. The number of ether oxygens (including phenoxy) is 1. The van der Waals surface area contributed by atoms with Crippen LogP contribution in [0.4, 0.5) is 0 Å². The highest BCUT2D eigenvalue weighted by molar-refractivity contribution is 5.85. The number of aromatic nitrogens is 2. The van der Waals surface area contributed by atoms with Crippen LogP contribution in [0.3, 0.4) is 0 Å². The number of amides is 1. The molecule has 1 aliphatic heterocycles. The minimum atomic E-state index is -1.19. The molecular formula is C15H23N3O3. The largest absolute Gasteiger partial charge is 0.380 e. The van der Waals surface area contributed by atoms with Crippen LogP contribution < -0.4 is 5.32 Å². The highest BCUT2D eigenvalue weighted by Crippen LogP contribution is 2.36. The van der Waals surface area contributed by atoms with Crippen LogP contribution in [-0.2, 0) is 22.2 Å². The van der Waals surface area contributed by atoms with Crippen LogP contribution in [-0.4, -0.2) is 39.5 Å². The Balaban J connectivity index is 1.70. The maximum atomic E-state index is 12.3. The molecule has 21 heavy (non-hydrogen) atoms. The maximum absolute atomic E-state index is 12.3. The molecule has 116 valence electrons. The fourth-order valence-electron chi connectivity index (χ4n) is 3.40. The lowest BCUT2D eigenvalue weighted by Gasteiger charge is -2.30. The summed E-state index contributed by atoms with van der Waals surface area (Å²) in [6, 6.07) is 0. The van der Waals surface area contributed by atoms with E-state index in [1.807, 2.05) is 13.2 Å². The minimum Gasteiger partial charge on any atom is -0.380 e. The average molecular weight is 293 g/mol. The van der Waals surface area contributed by atoms with Crippen molar-refractivity contribution in [3.05, 3.63) is 18.0 Å². The lowest BCUT2D eigenvalue weighted by atomic mass is 9.92. The van der Waals surface area contributed by atoms with Gasteiger partial charge in [-0.3, -0.25) is 9.48 Å². The van der Waals surface area contributed by atoms with E-state index in [2.05, 4.69) is 10.4 Å².